The molecule has 0 aliphatic rings. The Kier molecular flexibility index (Phi) is 4.15. The van der Waals surface area contributed by atoms with E-state index in [9.17, 15) is 0 Å². The van der Waals surface area contributed by atoms with Crippen molar-refractivity contribution in [3.8, 4) is 17.2 Å². The first-order valence-electron chi connectivity index (χ1n) is 7.64. The summed E-state index contributed by atoms with van der Waals surface area (Å²) in [4.78, 5) is 0. The summed E-state index contributed by atoms with van der Waals surface area (Å²) < 4.78 is 11.7. The van der Waals surface area contributed by atoms with Crippen LogP contribution in [-0.2, 0) is 6.61 Å². The summed E-state index contributed by atoms with van der Waals surface area (Å²) >= 11 is 0. The topological polar surface area (TPSA) is 48.2 Å². The summed E-state index contributed by atoms with van der Waals surface area (Å²) in [6.45, 7) is 8.46. The zero-order chi connectivity index (χ0) is 16.4. The van der Waals surface area contributed by atoms with E-state index >= 15 is 0 Å². The smallest absolute Gasteiger partial charge is 0.254 e. The molecule has 1 heterocycles. The molecule has 0 amide bonds. The first kappa shape index (κ1) is 15.3. The molecular formula is C19H20N2O2. The van der Waals surface area contributed by atoms with E-state index in [0.29, 0.717) is 11.8 Å². The average molecular weight is 308 g/mol. The number of hydrogen-bond acceptors (Lipinski definition) is 4. The quantitative estimate of drug-likeness (QED) is 0.709. The highest BCUT2D eigenvalue weighted by Gasteiger charge is 2.12. The highest BCUT2D eigenvalue weighted by Crippen LogP contribution is 2.27. The predicted octanol–water partition coefficient (Wildman–Crippen LogP) is 4.55. The van der Waals surface area contributed by atoms with Crippen molar-refractivity contribution in [2.45, 2.75) is 34.3 Å². The zero-order valence-corrected chi connectivity index (χ0v) is 13.9. The lowest BCUT2D eigenvalue weighted by molar-refractivity contribution is 0.261. The molecule has 0 radical (unpaired) electrons. The maximum atomic E-state index is 5.92. The van der Waals surface area contributed by atoms with Gasteiger partial charge in [-0.1, -0.05) is 30.3 Å². The summed E-state index contributed by atoms with van der Waals surface area (Å²) in [6.07, 6.45) is 0. The standard InChI is InChI=1S/C19H20N2O2/c1-12-9-10-14(3)18(15(12)4)22-11-17-20-21-19(23-17)16-8-6-5-7-13(16)2/h5-10H,11H2,1-4H3. The second kappa shape index (κ2) is 6.24. The van der Waals surface area contributed by atoms with E-state index in [4.69, 9.17) is 9.15 Å². The minimum absolute atomic E-state index is 0.268. The summed E-state index contributed by atoms with van der Waals surface area (Å²) in [5, 5.41) is 8.21. The van der Waals surface area contributed by atoms with Gasteiger partial charge in [0, 0.05) is 5.56 Å². The van der Waals surface area contributed by atoms with Crippen LogP contribution in [0.1, 0.15) is 28.1 Å². The summed E-state index contributed by atoms with van der Waals surface area (Å²) in [5.74, 6) is 1.89. The van der Waals surface area contributed by atoms with Gasteiger partial charge in [-0.3, -0.25) is 0 Å². The van der Waals surface area contributed by atoms with E-state index in [1.165, 1.54) is 5.56 Å². The van der Waals surface area contributed by atoms with E-state index in [1.807, 2.05) is 38.1 Å². The van der Waals surface area contributed by atoms with Crippen LogP contribution in [0.25, 0.3) is 11.5 Å². The molecule has 0 aliphatic carbocycles. The first-order valence-corrected chi connectivity index (χ1v) is 7.64. The van der Waals surface area contributed by atoms with Gasteiger partial charge in [0.05, 0.1) is 0 Å². The molecule has 0 unspecified atom stereocenters. The third kappa shape index (κ3) is 3.11. The molecule has 0 aliphatic heterocycles. The highest BCUT2D eigenvalue weighted by atomic mass is 16.5. The van der Waals surface area contributed by atoms with Crippen LogP contribution >= 0.6 is 0 Å². The molecule has 0 saturated carbocycles. The average Bonchev–Trinajstić information content (AvgIpc) is 3.00. The third-order valence-corrected chi connectivity index (χ3v) is 4.06. The fourth-order valence-corrected chi connectivity index (χ4v) is 2.52. The van der Waals surface area contributed by atoms with Gasteiger partial charge in [-0.05, 0) is 56.0 Å². The molecule has 1 aromatic heterocycles. The fraction of sp³-hybridized carbons (Fsp3) is 0.263. The van der Waals surface area contributed by atoms with Crippen molar-refractivity contribution < 1.29 is 9.15 Å². The van der Waals surface area contributed by atoms with Crippen LogP contribution < -0.4 is 4.74 Å². The minimum atomic E-state index is 0.268. The number of aryl methyl sites for hydroxylation is 3. The summed E-state index contributed by atoms with van der Waals surface area (Å²) in [6, 6.07) is 12.1. The van der Waals surface area contributed by atoms with Crippen molar-refractivity contribution in [1.82, 2.24) is 10.2 Å². The molecular weight excluding hydrogens is 288 g/mol. The molecule has 0 fully saturated rings. The normalized spacial score (nSPS) is 10.8. The second-order valence-electron chi connectivity index (χ2n) is 5.76. The van der Waals surface area contributed by atoms with Gasteiger partial charge in [-0.25, -0.2) is 0 Å². The van der Waals surface area contributed by atoms with E-state index in [0.717, 1.165) is 28.0 Å². The SMILES string of the molecule is Cc1ccccc1-c1nnc(COc2c(C)ccc(C)c2C)o1. The molecule has 4 nitrogen and oxygen atoms in total. The second-order valence-corrected chi connectivity index (χ2v) is 5.76. The van der Waals surface area contributed by atoms with Crippen molar-refractivity contribution >= 4 is 0 Å². The van der Waals surface area contributed by atoms with Gasteiger partial charge in [0.15, 0.2) is 6.61 Å². The van der Waals surface area contributed by atoms with E-state index in [2.05, 4.69) is 36.2 Å². The van der Waals surface area contributed by atoms with Crippen molar-refractivity contribution in [3.63, 3.8) is 0 Å². The van der Waals surface area contributed by atoms with Gasteiger partial charge >= 0.3 is 0 Å². The number of ether oxygens (including phenoxy) is 1. The maximum Gasteiger partial charge on any atom is 0.254 e. The van der Waals surface area contributed by atoms with Crippen LogP contribution in [0.3, 0.4) is 0 Å². The first-order chi connectivity index (χ1) is 11.1. The van der Waals surface area contributed by atoms with Crippen LogP contribution in [0.5, 0.6) is 5.75 Å². The van der Waals surface area contributed by atoms with Gasteiger partial charge in [0.2, 0.25) is 5.89 Å². The lowest BCUT2D eigenvalue weighted by Gasteiger charge is -2.12. The molecule has 118 valence electrons. The molecule has 3 aromatic rings. The van der Waals surface area contributed by atoms with Gasteiger partial charge in [0.25, 0.3) is 5.89 Å². The van der Waals surface area contributed by atoms with Crippen LogP contribution in [0.4, 0.5) is 0 Å². The van der Waals surface area contributed by atoms with Crippen molar-refractivity contribution in [3.05, 3.63) is 64.5 Å². The lowest BCUT2D eigenvalue weighted by atomic mass is 10.1. The number of aromatic nitrogens is 2. The molecule has 0 spiro atoms. The molecule has 0 bridgehead atoms. The van der Waals surface area contributed by atoms with Gasteiger partial charge in [-0.2, -0.15) is 0 Å². The Bertz CT molecular complexity index is 837. The van der Waals surface area contributed by atoms with Crippen molar-refractivity contribution in [2.75, 3.05) is 0 Å². The Hall–Kier alpha value is -2.62. The molecule has 2 aromatic carbocycles. The van der Waals surface area contributed by atoms with E-state index < -0.39 is 0 Å². The molecule has 0 saturated heterocycles. The number of benzene rings is 2. The summed E-state index contributed by atoms with van der Waals surface area (Å²) in [5.41, 5.74) is 5.51. The van der Waals surface area contributed by atoms with Gasteiger partial charge in [-0.15, -0.1) is 10.2 Å². The molecule has 23 heavy (non-hydrogen) atoms. The van der Waals surface area contributed by atoms with Crippen LogP contribution in [0.2, 0.25) is 0 Å². The van der Waals surface area contributed by atoms with Crippen molar-refractivity contribution in [1.29, 1.82) is 0 Å². The largest absolute Gasteiger partial charge is 0.483 e. The Balaban J connectivity index is 1.79. The lowest BCUT2D eigenvalue weighted by Crippen LogP contribution is -2.00. The van der Waals surface area contributed by atoms with Crippen LogP contribution in [0, 0.1) is 27.7 Å². The van der Waals surface area contributed by atoms with E-state index in [1.54, 1.807) is 0 Å². The maximum absolute atomic E-state index is 5.92. The van der Waals surface area contributed by atoms with Crippen LogP contribution in [-0.4, -0.2) is 10.2 Å². The Morgan fingerprint density at radius 3 is 2.39 bits per heavy atom. The third-order valence-electron chi connectivity index (χ3n) is 4.06. The molecule has 3 rings (SSSR count). The predicted molar refractivity (Wildman–Crippen MR) is 89.5 cm³/mol. The molecule has 0 atom stereocenters. The van der Waals surface area contributed by atoms with Crippen molar-refractivity contribution in [2.24, 2.45) is 0 Å². The summed E-state index contributed by atoms with van der Waals surface area (Å²) in [7, 11) is 0. The molecule has 4 heteroatoms. The zero-order valence-electron chi connectivity index (χ0n) is 13.9. The Labute approximate surface area is 136 Å². The number of hydrogen-bond donors (Lipinski definition) is 0. The monoisotopic (exact) mass is 308 g/mol. The Morgan fingerprint density at radius 1 is 0.870 bits per heavy atom. The number of rotatable bonds is 4. The van der Waals surface area contributed by atoms with Crippen LogP contribution in [0.15, 0.2) is 40.8 Å². The Morgan fingerprint density at radius 2 is 1.61 bits per heavy atom. The van der Waals surface area contributed by atoms with E-state index in [-0.39, 0.29) is 6.61 Å². The minimum Gasteiger partial charge on any atom is -0.483 e. The van der Waals surface area contributed by atoms with Gasteiger partial charge < -0.3 is 9.15 Å². The van der Waals surface area contributed by atoms with Gasteiger partial charge in [0.1, 0.15) is 5.75 Å². The number of nitrogens with zero attached hydrogens (tertiary/aromatic N) is 2. The fourth-order valence-electron chi connectivity index (χ4n) is 2.52. The molecule has 0 N–H and O–H groups in total. The highest BCUT2D eigenvalue weighted by molar-refractivity contribution is 5.57.